The van der Waals surface area contributed by atoms with Crippen LogP contribution in [-0.4, -0.2) is 31.7 Å². The highest BCUT2D eigenvalue weighted by molar-refractivity contribution is 7.89. The summed E-state index contributed by atoms with van der Waals surface area (Å²) >= 11 is 0. The normalized spacial score (nSPS) is 15.6. The van der Waals surface area contributed by atoms with Crippen molar-refractivity contribution in [2.24, 2.45) is 0 Å². The fourth-order valence-electron chi connectivity index (χ4n) is 3.51. The lowest BCUT2D eigenvalue weighted by Gasteiger charge is -2.30. The topological polar surface area (TPSA) is 66.5 Å². The summed E-state index contributed by atoms with van der Waals surface area (Å²) in [4.78, 5) is 12.6. The summed E-state index contributed by atoms with van der Waals surface area (Å²) in [6.07, 6.45) is 5.00. The molecule has 0 bridgehead atoms. The highest BCUT2D eigenvalue weighted by atomic mass is 32.2. The predicted molar refractivity (Wildman–Crippen MR) is 107 cm³/mol. The van der Waals surface area contributed by atoms with Crippen LogP contribution in [0.1, 0.15) is 48.0 Å². The lowest BCUT2D eigenvalue weighted by Crippen LogP contribution is -2.38. The third-order valence-electron chi connectivity index (χ3n) is 5.33. The van der Waals surface area contributed by atoms with Crippen LogP contribution in [0.15, 0.2) is 47.4 Å². The molecule has 0 unspecified atom stereocenters. The quantitative estimate of drug-likeness (QED) is 0.806. The molecule has 2 aromatic rings. The van der Waals surface area contributed by atoms with E-state index in [1.165, 1.54) is 40.7 Å². The first kappa shape index (κ1) is 20.5. The van der Waals surface area contributed by atoms with Crippen molar-refractivity contribution in [2.75, 3.05) is 12.4 Å². The molecule has 150 valence electrons. The summed E-state index contributed by atoms with van der Waals surface area (Å²) in [5, 5.41) is 2.66. The number of rotatable bonds is 5. The molecule has 0 aliphatic heterocycles. The number of hydrogen-bond acceptors (Lipinski definition) is 3. The summed E-state index contributed by atoms with van der Waals surface area (Å²) < 4.78 is 40.6. The standard InChI is InChI=1S/C21H25FN2O3S/c1-15-8-11-17(22)14-20(15)23-21(25)16-9-12-19(13-10-16)28(26,27)24(2)18-6-4-3-5-7-18/h8-14,18H,3-7H2,1-2H3,(H,23,25). The second kappa shape index (κ2) is 8.41. The molecule has 0 atom stereocenters. The van der Waals surface area contributed by atoms with Crippen LogP contribution >= 0.6 is 0 Å². The molecule has 0 radical (unpaired) electrons. The van der Waals surface area contributed by atoms with Crippen LogP contribution in [0.3, 0.4) is 0 Å². The van der Waals surface area contributed by atoms with Crippen molar-refractivity contribution in [1.29, 1.82) is 0 Å². The number of hydrogen-bond donors (Lipinski definition) is 1. The lowest BCUT2D eigenvalue weighted by molar-refractivity contribution is 0.102. The van der Waals surface area contributed by atoms with Gasteiger partial charge in [0, 0.05) is 24.3 Å². The molecule has 7 heteroatoms. The number of benzene rings is 2. The molecule has 5 nitrogen and oxygen atoms in total. The largest absolute Gasteiger partial charge is 0.322 e. The Kier molecular flexibility index (Phi) is 6.15. The second-order valence-corrected chi connectivity index (χ2v) is 9.25. The molecule has 0 saturated heterocycles. The van der Waals surface area contributed by atoms with Crippen molar-refractivity contribution in [2.45, 2.75) is 50.0 Å². The molecule has 1 saturated carbocycles. The number of carbonyl (C=O) groups excluding carboxylic acids is 1. The third-order valence-corrected chi connectivity index (χ3v) is 7.25. The molecule has 1 amide bonds. The molecule has 1 N–H and O–H groups in total. The summed E-state index contributed by atoms with van der Waals surface area (Å²) in [5.41, 5.74) is 1.43. The first-order valence-electron chi connectivity index (χ1n) is 9.44. The Balaban J connectivity index is 1.75. The van der Waals surface area contributed by atoms with Gasteiger partial charge >= 0.3 is 0 Å². The number of nitrogens with zero attached hydrogens (tertiary/aromatic N) is 1. The average molecular weight is 405 g/mol. The van der Waals surface area contributed by atoms with Crippen LogP contribution in [0, 0.1) is 12.7 Å². The third kappa shape index (κ3) is 4.42. The molecule has 1 fully saturated rings. The van der Waals surface area contributed by atoms with Gasteiger partial charge in [0.05, 0.1) is 4.90 Å². The zero-order valence-corrected chi connectivity index (χ0v) is 16.9. The molecule has 28 heavy (non-hydrogen) atoms. The average Bonchev–Trinajstić information content (AvgIpc) is 2.71. The maximum absolute atomic E-state index is 13.4. The number of amides is 1. The van der Waals surface area contributed by atoms with Crippen molar-refractivity contribution in [3.8, 4) is 0 Å². The fraction of sp³-hybridized carbons (Fsp3) is 0.381. The Hall–Kier alpha value is -2.25. The van der Waals surface area contributed by atoms with Gasteiger partial charge in [-0.1, -0.05) is 25.3 Å². The van der Waals surface area contributed by atoms with Gasteiger partial charge in [-0.15, -0.1) is 0 Å². The first-order valence-corrected chi connectivity index (χ1v) is 10.9. The second-order valence-electron chi connectivity index (χ2n) is 7.25. The van der Waals surface area contributed by atoms with Gasteiger partial charge in [-0.3, -0.25) is 4.79 Å². The highest BCUT2D eigenvalue weighted by Crippen LogP contribution is 2.26. The molecule has 2 aromatic carbocycles. The van der Waals surface area contributed by atoms with E-state index in [1.54, 1.807) is 20.0 Å². The number of halogens is 1. The van der Waals surface area contributed by atoms with Crippen LogP contribution in [0.25, 0.3) is 0 Å². The van der Waals surface area contributed by atoms with Crippen molar-refractivity contribution < 1.29 is 17.6 Å². The molecule has 0 heterocycles. The number of aryl methyl sites for hydroxylation is 1. The predicted octanol–water partition coefficient (Wildman–Crippen LogP) is 4.34. The minimum Gasteiger partial charge on any atom is -0.322 e. The van der Waals surface area contributed by atoms with Crippen molar-refractivity contribution in [3.05, 3.63) is 59.4 Å². The molecule has 0 spiro atoms. The van der Waals surface area contributed by atoms with E-state index >= 15 is 0 Å². The van der Waals surface area contributed by atoms with Crippen LogP contribution in [0.2, 0.25) is 0 Å². The minimum absolute atomic E-state index is 0.0256. The van der Waals surface area contributed by atoms with Crippen LogP contribution in [-0.2, 0) is 10.0 Å². The van der Waals surface area contributed by atoms with Gasteiger partial charge in [0.1, 0.15) is 5.82 Å². The molecule has 3 rings (SSSR count). The maximum atomic E-state index is 13.4. The Labute approximate surface area is 165 Å². The van der Waals surface area contributed by atoms with Gasteiger partial charge in [0.15, 0.2) is 0 Å². The SMILES string of the molecule is Cc1ccc(F)cc1NC(=O)c1ccc(S(=O)(=O)N(C)C2CCCCC2)cc1. The Morgan fingerprint density at radius 3 is 2.36 bits per heavy atom. The molecular formula is C21H25FN2O3S. The van der Waals surface area contributed by atoms with Gasteiger partial charge in [0.2, 0.25) is 10.0 Å². The van der Waals surface area contributed by atoms with Crippen LogP contribution in [0.4, 0.5) is 10.1 Å². The first-order chi connectivity index (χ1) is 13.3. The summed E-state index contributed by atoms with van der Waals surface area (Å²) in [6, 6.07) is 10.0. The van der Waals surface area contributed by atoms with Crippen molar-refractivity contribution in [3.63, 3.8) is 0 Å². The lowest BCUT2D eigenvalue weighted by atomic mass is 9.96. The zero-order valence-electron chi connectivity index (χ0n) is 16.1. The van der Waals surface area contributed by atoms with E-state index in [1.807, 2.05) is 0 Å². The summed E-state index contributed by atoms with van der Waals surface area (Å²) in [7, 11) is -1.98. The maximum Gasteiger partial charge on any atom is 0.255 e. The molecular weight excluding hydrogens is 379 g/mol. The number of anilines is 1. The summed E-state index contributed by atoms with van der Waals surface area (Å²) in [6.45, 7) is 1.77. The highest BCUT2D eigenvalue weighted by Gasteiger charge is 2.29. The molecule has 1 aliphatic carbocycles. The molecule has 0 aromatic heterocycles. The minimum atomic E-state index is -3.60. The van der Waals surface area contributed by atoms with Gasteiger partial charge in [-0.05, 0) is 61.7 Å². The van der Waals surface area contributed by atoms with E-state index in [0.29, 0.717) is 11.3 Å². The van der Waals surface area contributed by atoms with E-state index in [2.05, 4.69) is 5.32 Å². The smallest absolute Gasteiger partial charge is 0.255 e. The van der Waals surface area contributed by atoms with Crippen molar-refractivity contribution >= 4 is 21.6 Å². The van der Waals surface area contributed by atoms with E-state index < -0.39 is 21.7 Å². The van der Waals surface area contributed by atoms with E-state index in [4.69, 9.17) is 0 Å². The Morgan fingerprint density at radius 1 is 1.07 bits per heavy atom. The number of sulfonamides is 1. The Bertz CT molecular complexity index is 952. The number of nitrogens with one attached hydrogen (secondary N) is 1. The van der Waals surface area contributed by atoms with E-state index in [0.717, 1.165) is 37.7 Å². The van der Waals surface area contributed by atoms with Crippen LogP contribution < -0.4 is 5.32 Å². The molecule has 1 aliphatic rings. The monoisotopic (exact) mass is 404 g/mol. The zero-order chi connectivity index (χ0) is 20.3. The number of carbonyl (C=O) groups is 1. The van der Waals surface area contributed by atoms with Gasteiger partial charge in [-0.25, -0.2) is 12.8 Å². The van der Waals surface area contributed by atoms with E-state index in [-0.39, 0.29) is 10.9 Å². The fourth-order valence-corrected chi connectivity index (χ4v) is 4.92. The van der Waals surface area contributed by atoms with E-state index in [9.17, 15) is 17.6 Å². The van der Waals surface area contributed by atoms with Gasteiger partial charge < -0.3 is 5.32 Å². The van der Waals surface area contributed by atoms with Crippen LogP contribution in [0.5, 0.6) is 0 Å². The van der Waals surface area contributed by atoms with Gasteiger partial charge in [-0.2, -0.15) is 4.31 Å². The van der Waals surface area contributed by atoms with Crippen molar-refractivity contribution in [1.82, 2.24) is 4.31 Å². The van der Waals surface area contributed by atoms with Gasteiger partial charge in [0.25, 0.3) is 5.91 Å². The Morgan fingerprint density at radius 2 is 1.71 bits per heavy atom. The summed E-state index contributed by atoms with van der Waals surface area (Å²) in [5.74, 6) is -0.855.